The third-order valence-electron chi connectivity index (χ3n) is 4.95. The van der Waals surface area contributed by atoms with E-state index >= 15 is 0 Å². The van der Waals surface area contributed by atoms with E-state index in [-0.39, 0.29) is 5.91 Å². The predicted molar refractivity (Wildman–Crippen MR) is 100 cm³/mol. The fourth-order valence-corrected chi connectivity index (χ4v) is 3.60. The summed E-state index contributed by atoms with van der Waals surface area (Å²) in [6.07, 6.45) is 1.08. The number of carbonyl (C=O) groups is 1. The monoisotopic (exact) mass is 350 g/mol. The lowest BCUT2D eigenvalue weighted by atomic mass is 10.1. The van der Waals surface area contributed by atoms with Crippen molar-refractivity contribution in [2.75, 3.05) is 24.5 Å². The normalized spacial score (nSPS) is 17.0. The summed E-state index contributed by atoms with van der Waals surface area (Å²) in [5.74, 6) is 0.353. The number of carbonyl (C=O) groups excluding carboxylic acids is 1. The van der Waals surface area contributed by atoms with E-state index in [0.29, 0.717) is 34.8 Å². The lowest BCUT2D eigenvalue weighted by Gasteiger charge is -2.18. The molecule has 1 atom stereocenters. The quantitative estimate of drug-likeness (QED) is 0.783. The van der Waals surface area contributed by atoms with Gasteiger partial charge in [0.05, 0.1) is 16.6 Å². The molecule has 26 heavy (non-hydrogen) atoms. The van der Waals surface area contributed by atoms with E-state index in [1.54, 1.807) is 6.07 Å². The smallest absolute Gasteiger partial charge is 0.258 e. The minimum Gasteiger partial charge on any atom is -0.371 e. The van der Waals surface area contributed by atoms with Crippen LogP contribution in [0.25, 0.3) is 11.1 Å². The van der Waals surface area contributed by atoms with E-state index in [1.165, 1.54) is 5.69 Å². The molecule has 3 heterocycles. The van der Waals surface area contributed by atoms with Crippen LogP contribution in [0.5, 0.6) is 0 Å². The molecule has 1 N–H and O–H groups in total. The van der Waals surface area contributed by atoms with E-state index in [4.69, 9.17) is 4.52 Å². The Morgan fingerprint density at radius 1 is 1.31 bits per heavy atom. The van der Waals surface area contributed by atoms with Gasteiger partial charge in [0.1, 0.15) is 0 Å². The van der Waals surface area contributed by atoms with E-state index < -0.39 is 0 Å². The van der Waals surface area contributed by atoms with Crippen LogP contribution in [-0.4, -0.2) is 35.7 Å². The molecule has 1 aliphatic rings. The largest absolute Gasteiger partial charge is 0.371 e. The SMILES string of the molecule is Cc1cc(C(=O)NC[C@@H]2CCN(c3ccccc3)C2)c2c(C)noc2n1. The first-order valence-electron chi connectivity index (χ1n) is 8.93. The topological polar surface area (TPSA) is 71.3 Å². The number of nitrogens with zero attached hydrogens (tertiary/aromatic N) is 3. The summed E-state index contributed by atoms with van der Waals surface area (Å²) < 4.78 is 5.21. The zero-order chi connectivity index (χ0) is 18.1. The Morgan fingerprint density at radius 2 is 2.12 bits per heavy atom. The first-order valence-corrected chi connectivity index (χ1v) is 8.93. The first-order chi connectivity index (χ1) is 12.6. The Balaban J connectivity index is 1.43. The van der Waals surface area contributed by atoms with Gasteiger partial charge in [-0.05, 0) is 44.4 Å². The van der Waals surface area contributed by atoms with Crippen molar-refractivity contribution in [3.8, 4) is 0 Å². The summed E-state index contributed by atoms with van der Waals surface area (Å²) >= 11 is 0. The van der Waals surface area contributed by atoms with Crippen LogP contribution < -0.4 is 10.2 Å². The number of benzene rings is 1. The Kier molecular flexibility index (Phi) is 4.32. The maximum absolute atomic E-state index is 12.7. The molecule has 1 saturated heterocycles. The number of hydrogen-bond donors (Lipinski definition) is 1. The van der Waals surface area contributed by atoms with Crippen LogP contribution in [0.15, 0.2) is 40.9 Å². The second kappa shape index (κ2) is 6.78. The number of anilines is 1. The van der Waals surface area contributed by atoms with Crippen molar-refractivity contribution >= 4 is 22.7 Å². The maximum Gasteiger partial charge on any atom is 0.258 e. The minimum atomic E-state index is -0.0926. The van der Waals surface area contributed by atoms with Gasteiger partial charge in [-0.3, -0.25) is 4.79 Å². The summed E-state index contributed by atoms with van der Waals surface area (Å²) in [5, 5.41) is 7.72. The molecule has 1 aliphatic heterocycles. The van der Waals surface area contributed by atoms with Gasteiger partial charge >= 0.3 is 0 Å². The molecule has 0 saturated carbocycles. The molecule has 0 radical (unpaired) electrons. The molecule has 4 rings (SSSR count). The van der Waals surface area contributed by atoms with Crippen molar-refractivity contribution in [2.45, 2.75) is 20.3 Å². The Bertz CT molecular complexity index is 936. The third kappa shape index (κ3) is 3.14. The van der Waals surface area contributed by atoms with Gasteiger partial charge in [0.2, 0.25) is 0 Å². The first kappa shape index (κ1) is 16.6. The standard InChI is InChI=1S/C20H22N4O2/c1-13-10-17(18-14(2)23-26-20(18)22-13)19(25)21-11-15-8-9-24(12-15)16-6-4-3-5-7-16/h3-7,10,15H,8-9,11-12H2,1-2H3,(H,21,25)/t15-/m0/s1. The zero-order valence-electron chi connectivity index (χ0n) is 15.0. The fourth-order valence-electron chi connectivity index (χ4n) is 3.60. The molecule has 0 unspecified atom stereocenters. The van der Waals surface area contributed by atoms with Crippen molar-refractivity contribution < 1.29 is 9.32 Å². The predicted octanol–water partition coefficient (Wildman–Crippen LogP) is 3.10. The molecular weight excluding hydrogens is 328 g/mol. The Morgan fingerprint density at radius 3 is 2.92 bits per heavy atom. The minimum absolute atomic E-state index is 0.0926. The van der Waals surface area contributed by atoms with Gasteiger partial charge < -0.3 is 14.7 Å². The molecule has 1 amide bonds. The Hall–Kier alpha value is -2.89. The molecule has 1 fully saturated rings. The molecule has 3 aromatic rings. The summed E-state index contributed by atoms with van der Waals surface area (Å²) in [6.45, 7) is 6.32. The van der Waals surface area contributed by atoms with Gasteiger partial charge in [-0.1, -0.05) is 23.4 Å². The summed E-state index contributed by atoms with van der Waals surface area (Å²) in [6, 6.07) is 12.2. The van der Waals surface area contributed by atoms with Crippen LogP contribution in [0.3, 0.4) is 0 Å². The van der Waals surface area contributed by atoms with Crippen LogP contribution >= 0.6 is 0 Å². The number of pyridine rings is 1. The molecule has 0 spiro atoms. The van der Waals surface area contributed by atoms with Crippen molar-refractivity contribution in [3.05, 3.63) is 53.3 Å². The number of aryl methyl sites for hydroxylation is 2. The molecular formula is C20H22N4O2. The van der Waals surface area contributed by atoms with Crippen molar-refractivity contribution in [2.24, 2.45) is 5.92 Å². The number of aromatic nitrogens is 2. The van der Waals surface area contributed by atoms with E-state index in [1.807, 2.05) is 19.9 Å². The third-order valence-corrected chi connectivity index (χ3v) is 4.95. The summed E-state index contributed by atoms with van der Waals surface area (Å²) in [7, 11) is 0. The van der Waals surface area contributed by atoms with Gasteiger partial charge in [0.15, 0.2) is 0 Å². The number of hydrogen-bond acceptors (Lipinski definition) is 5. The van der Waals surface area contributed by atoms with Gasteiger partial charge in [-0.25, -0.2) is 4.98 Å². The molecule has 0 bridgehead atoms. The number of amides is 1. The van der Waals surface area contributed by atoms with Crippen LogP contribution in [0.4, 0.5) is 5.69 Å². The van der Waals surface area contributed by atoms with Crippen molar-refractivity contribution in [1.29, 1.82) is 0 Å². The Labute approximate surface area is 152 Å². The number of rotatable bonds is 4. The molecule has 6 nitrogen and oxygen atoms in total. The highest BCUT2D eigenvalue weighted by Gasteiger charge is 2.24. The van der Waals surface area contributed by atoms with E-state index in [0.717, 1.165) is 25.2 Å². The highest BCUT2D eigenvalue weighted by atomic mass is 16.5. The van der Waals surface area contributed by atoms with Gasteiger partial charge in [0.25, 0.3) is 11.6 Å². The average molecular weight is 350 g/mol. The van der Waals surface area contributed by atoms with Crippen LogP contribution in [-0.2, 0) is 0 Å². The summed E-state index contributed by atoms with van der Waals surface area (Å²) in [4.78, 5) is 19.4. The number of nitrogens with one attached hydrogen (secondary N) is 1. The molecule has 134 valence electrons. The van der Waals surface area contributed by atoms with Crippen LogP contribution in [0.2, 0.25) is 0 Å². The van der Waals surface area contributed by atoms with Crippen LogP contribution in [0.1, 0.15) is 28.2 Å². The van der Waals surface area contributed by atoms with E-state index in [2.05, 4.69) is 44.6 Å². The average Bonchev–Trinajstić information content (AvgIpc) is 3.27. The lowest BCUT2D eigenvalue weighted by molar-refractivity contribution is 0.0949. The fraction of sp³-hybridized carbons (Fsp3) is 0.350. The maximum atomic E-state index is 12.7. The van der Waals surface area contributed by atoms with Gasteiger partial charge in [0, 0.05) is 31.0 Å². The molecule has 6 heteroatoms. The lowest BCUT2D eigenvalue weighted by Crippen LogP contribution is -2.31. The highest BCUT2D eigenvalue weighted by molar-refractivity contribution is 6.06. The molecule has 1 aromatic carbocycles. The molecule has 0 aliphatic carbocycles. The molecule has 2 aromatic heterocycles. The van der Waals surface area contributed by atoms with Crippen molar-refractivity contribution in [3.63, 3.8) is 0 Å². The number of fused-ring (bicyclic) bond motifs is 1. The summed E-state index contributed by atoms with van der Waals surface area (Å²) in [5.41, 5.74) is 3.68. The second-order valence-electron chi connectivity index (χ2n) is 6.91. The van der Waals surface area contributed by atoms with E-state index in [9.17, 15) is 4.79 Å². The highest BCUT2D eigenvalue weighted by Crippen LogP contribution is 2.24. The second-order valence-corrected chi connectivity index (χ2v) is 6.91. The van der Waals surface area contributed by atoms with Crippen molar-refractivity contribution in [1.82, 2.24) is 15.5 Å². The number of para-hydroxylation sites is 1. The zero-order valence-corrected chi connectivity index (χ0v) is 15.0. The van der Waals surface area contributed by atoms with Crippen LogP contribution in [0, 0.1) is 19.8 Å². The van der Waals surface area contributed by atoms with Gasteiger partial charge in [-0.15, -0.1) is 0 Å². The van der Waals surface area contributed by atoms with Gasteiger partial charge in [-0.2, -0.15) is 0 Å².